The lowest BCUT2D eigenvalue weighted by Crippen LogP contribution is -2.12. The van der Waals surface area contributed by atoms with Crippen molar-refractivity contribution in [3.8, 4) is 11.5 Å². The zero-order chi connectivity index (χ0) is 12.8. The second-order valence-electron chi connectivity index (χ2n) is 5.39. The van der Waals surface area contributed by atoms with Crippen molar-refractivity contribution in [3.05, 3.63) is 23.8 Å². The Kier molecular flexibility index (Phi) is 2.74. The minimum Gasteiger partial charge on any atom is -0.497 e. The van der Waals surface area contributed by atoms with Crippen molar-refractivity contribution < 1.29 is 14.6 Å². The number of hydrogen-bond donors (Lipinski definition) is 1. The fourth-order valence-electron chi connectivity index (χ4n) is 3.62. The second-order valence-corrected chi connectivity index (χ2v) is 5.39. The molecule has 2 aliphatic rings. The van der Waals surface area contributed by atoms with Crippen molar-refractivity contribution in [1.82, 2.24) is 0 Å². The molecule has 2 atom stereocenters. The SMILES string of the molecule is COc1ccc(OC)c(C2(O)C3CCCCC32)c1. The van der Waals surface area contributed by atoms with Gasteiger partial charge in [-0.1, -0.05) is 12.8 Å². The lowest BCUT2D eigenvalue weighted by Gasteiger charge is -2.16. The van der Waals surface area contributed by atoms with Crippen LogP contribution in [0.5, 0.6) is 11.5 Å². The van der Waals surface area contributed by atoms with Crippen LogP contribution in [0.15, 0.2) is 18.2 Å². The van der Waals surface area contributed by atoms with Gasteiger partial charge in [0.25, 0.3) is 0 Å². The lowest BCUT2D eigenvalue weighted by molar-refractivity contribution is 0.114. The van der Waals surface area contributed by atoms with Crippen LogP contribution in [0.2, 0.25) is 0 Å². The fourth-order valence-corrected chi connectivity index (χ4v) is 3.62. The number of fused-ring (bicyclic) bond motifs is 1. The summed E-state index contributed by atoms with van der Waals surface area (Å²) < 4.78 is 10.7. The number of hydrogen-bond acceptors (Lipinski definition) is 3. The van der Waals surface area contributed by atoms with Crippen molar-refractivity contribution in [3.63, 3.8) is 0 Å². The van der Waals surface area contributed by atoms with Gasteiger partial charge in [-0.05, 0) is 42.9 Å². The summed E-state index contributed by atoms with van der Waals surface area (Å²) in [5, 5.41) is 11.0. The second kappa shape index (κ2) is 4.16. The molecule has 1 aromatic carbocycles. The minimum atomic E-state index is -0.684. The molecule has 0 heterocycles. The molecule has 2 unspecified atom stereocenters. The van der Waals surface area contributed by atoms with Gasteiger partial charge in [0.1, 0.15) is 11.5 Å². The van der Waals surface area contributed by atoms with E-state index in [0.29, 0.717) is 11.8 Å². The predicted molar refractivity (Wildman–Crippen MR) is 68.9 cm³/mol. The first-order chi connectivity index (χ1) is 8.71. The molecule has 0 aromatic heterocycles. The Labute approximate surface area is 108 Å². The lowest BCUT2D eigenvalue weighted by atomic mass is 10.0. The highest BCUT2D eigenvalue weighted by molar-refractivity contribution is 5.48. The van der Waals surface area contributed by atoms with Crippen LogP contribution >= 0.6 is 0 Å². The molecule has 0 amide bonds. The Morgan fingerprint density at radius 2 is 1.78 bits per heavy atom. The molecule has 2 fully saturated rings. The monoisotopic (exact) mass is 248 g/mol. The molecule has 3 rings (SSSR count). The number of methoxy groups -OCH3 is 2. The van der Waals surface area contributed by atoms with Crippen LogP contribution in [-0.4, -0.2) is 19.3 Å². The van der Waals surface area contributed by atoms with Crippen molar-refractivity contribution >= 4 is 0 Å². The van der Waals surface area contributed by atoms with Gasteiger partial charge >= 0.3 is 0 Å². The van der Waals surface area contributed by atoms with E-state index in [-0.39, 0.29) is 0 Å². The van der Waals surface area contributed by atoms with Gasteiger partial charge in [0.05, 0.1) is 19.8 Å². The Balaban J connectivity index is 2.00. The molecule has 2 saturated carbocycles. The van der Waals surface area contributed by atoms with Gasteiger partial charge < -0.3 is 14.6 Å². The predicted octanol–water partition coefficient (Wildman–Crippen LogP) is 2.71. The molecular weight excluding hydrogens is 228 g/mol. The highest BCUT2D eigenvalue weighted by Gasteiger charge is 2.65. The minimum absolute atomic E-state index is 0.409. The van der Waals surface area contributed by atoms with Crippen LogP contribution in [0.25, 0.3) is 0 Å². The quantitative estimate of drug-likeness (QED) is 0.894. The van der Waals surface area contributed by atoms with E-state index in [1.54, 1.807) is 14.2 Å². The smallest absolute Gasteiger partial charge is 0.125 e. The molecular formula is C15H20O3. The van der Waals surface area contributed by atoms with Gasteiger partial charge in [0, 0.05) is 5.56 Å². The zero-order valence-electron chi connectivity index (χ0n) is 11.0. The average molecular weight is 248 g/mol. The van der Waals surface area contributed by atoms with E-state index < -0.39 is 5.60 Å². The largest absolute Gasteiger partial charge is 0.497 e. The summed E-state index contributed by atoms with van der Waals surface area (Å²) >= 11 is 0. The van der Waals surface area contributed by atoms with Gasteiger partial charge in [-0.2, -0.15) is 0 Å². The Bertz CT molecular complexity index is 443. The molecule has 18 heavy (non-hydrogen) atoms. The van der Waals surface area contributed by atoms with Gasteiger partial charge in [0.15, 0.2) is 0 Å². The number of rotatable bonds is 3. The number of aliphatic hydroxyl groups is 1. The maximum atomic E-state index is 11.0. The summed E-state index contributed by atoms with van der Waals surface area (Å²) in [4.78, 5) is 0. The fraction of sp³-hybridized carbons (Fsp3) is 0.600. The van der Waals surface area contributed by atoms with E-state index in [1.807, 2.05) is 18.2 Å². The van der Waals surface area contributed by atoms with Crippen molar-refractivity contribution in [2.24, 2.45) is 11.8 Å². The normalized spacial score (nSPS) is 33.7. The third-order valence-electron chi connectivity index (χ3n) is 4.63. The van der Waals surface area contributed by atoms with E-state index in [4.69, 9.17) is 9.47 Å². The molecule has 2 aliphatic carbocycles. The van der Waals surface area contributed by atoms with Crippen LogP contribution in [0, 0.1) is 11.8 Å². The first kappa shape index (κ1) is 11.8. The summed E-state index contributed by atoms with van der Waals surface area (Å²) in [5.41, 5.74) is 0.220. The number of benzene rings is 1. The molecule has 1 N–H and O–H groups in total. The first-order valence-electron chi connectivity index (χ1n) is 6.66. The molecule has 98 valence electrons. The maximum absolute atomic E-state index is 11.0. The topological polar surface area (TPSA) is 38.7 Å². The Hall–Kier alpha value is -1.22. The molecule has 0 radical (unpaired) electrons. The van der Waals surface area contributed by atoms with Crippen molar-refractivity contribution in [2.75, 3.05) is 14.2 Å². The Morgan fingerprint density at radius 3 is 2.33 bits per heavy atom. The first-order valence-corrected chi connectivity index (χ1v) is 6.66. The summed E-state index contributed by atoms with van der Waals surface area (Å²) in [6.07, 6.45) is 4.72. The van der Waals surface area contributed by atoms with Gasteiger partial charge in [-0.15, -0.1) is 0 Å². The molecule has 0 spiro atoms. The summed E-state index contributed by atoms with van der Waals surface area (Å²) in [5.74, 6) is 2.37. The third kappa shape index (κ3) is 1.53. The standard InChI is InChI=1S/C15H20O3/c1-17-10-7-8-14(18-2)13(9-10)15(16)11-5-3-4-6-12(11)15/h7-9,11-12,16H,3-6H2,1-2H3. The highest BCUT2D eigenvalue weighted by Crippen LogP contribution is 2.65. The van der Waals surface area contributed by atoms with E-state index in [0.717, 1.165) is 29.9 Å². The van der Waals surface area contributed by atoms with Gasteiger partial charge in [-0.25, -0.2) is 0 Å². The van der Waals surface area contributed by atoms with Crippen LogP contribution < -0.4 is 9.47 Å². The number of ether oxygens (including phenoxy) is 2. The van der Waals surface area contributed by atoms with E-state index in [1.165, 1.54) is 12.8 Å². The molecule has 1 aromatic rings. The average Bonchev–Trinajstić information content (AvgIpc) is 3.05. The van der Waals surface area contributed by atoms with Crippen molar-refractivity contribution in [1.29, 1.82) is 0 Å². The molecule has 3 heteroatoms. The van der Waals surface area contributed by atoms with Crippen LogP contribution in [0.4, 0.5) is 0 Å². The summed E-state index contributed by atoms with van der Waals surface area (Å²) in [6, 6.07) is 5.69. The van der Waals surface area contributed by atoms with Crippen LogP contribution in [0.3, 0.4) is 0 Å². The van der Waals surface area contributed by atoms with Crippen LogP contribution in [0.1, 0.15) is 31.2 Å². The maximum Gasteiger partial charge on any atom is 0.125 e. The highest BCUT2D eigenvalue weighted by atomic mass is 16.5. The van der Waals surface area contributed by atoms with Gasteiger partial charge in [0.2, 0.25) is 0 Å². The van der Waals surface area contributed by atoms with Crippen LogP contribution in [-0.2, 0) is 5.60 Å². The van der Waals surface area contributed by atoms with Crippen molar-refractivity contribution in [2.45, 2.75) is 31.3 Å². The molecule has 0 saturated heterocycles. The molecule has 0 aliphatic heterocycles. The van der Waals surface area contributed by atoms with E-state index in [9.17, 15) is 5.11 Å². The molecule has 0 bridgehead atoms. The van der Waals surface area contributed by atoms with E-state index >= 15 is 0 Å². The summed E-state index contributed by atoms with van der Waals surface area (Å²) in [6.45, 7) is 0. The zero-order valence-corrected chi connectivity index (χ0v) is 11.0. The third-order valence-corrected chi connectivity index (χ3v) is 4.63. The summed E-state index contributed by atoms with van der Waals surface area (Å²) in [7, 11) is 3.30. The Morgan fingerprint density at radius 1 is 1.11 bits per heavy atom. The van der Waals surface area contributed by atoms with Gasteiger partial charge in [-0.3, -0.25) is 0 Å². The molecule has 3 nitrogen and oxygen atoms in total. The van der Waals surface area contributed by atoms with E-state index in [2.05, 4.69) is 0 Å².